The van der Waals surface area contributed by atoms with E-state index in [4.69, 9.17) is 5.26 Å². The lowest BCUT2D eigenvalue weighted by atomic mass is 9.89. The maximum absolute atomic E-state index is 12.7. The van der Waals surface area contributed by atoms with E-state index < -0.39 is 0 Å². The highest BCUT2D eigenvalue weighted by Crippen LogP contribution is 2.35. The number of likely N-dealkylation sites (tertiary alicyclic amines) is 1. The fourth-order valence-corrected chi connectivity index (χ4v) is 4.61. The molecule has 1 saturated heterocycles. The average Bonchev–Trinajstić information content (AvgIpc) is 3.24. The summed E-state index contributed by atoms with van der Waals surface area (Å²) in [4.78, 5) is 39.4. The lowest BCUT2D eigenvalue weighted by Crippen LogP contribution is -2.38. The first-order valence-electron chi connectivity index (χ1n) is 11.4. The average molecular weight is 466 g/mol. The number of pyridine rings is 1. The molecule has 0 atom stereocenters. The third-order valence-electron chi connectivity index (χ3n) is 6.40. The number of aromatic nitrogens is 4. The molecule has 4 aromatic rings. The highest BCUT2D eigenvalue weighted by Gasteiger charge is 2.27. The van der Waals surface area contributed by atoms with Crippen molar-refractivity contribution in [2.75, 3.05) is 18.4 Å². The molecule has 35 heavy (non-hydrogen) atoms. The molecule has 1 fully saturated rings. The molecule has 1 aromatic carbocycles. The number of nitrogens with zero attached hydrogens (tertiary/aromatic N) is 6. The molecule has 0 aliphatic carbocycles. The van der Waals surface area contributed by atoms with Crippen molar-refractivity contribution in [1.82, 2.24) is 24.4 Å². The molecule has 1 N–H and O–H groups in total. The van der Waals surface area contributed by atoms with Crippen molar-refractivity contribution in [3.63, 3.8) is 0 Å². The van der Waals surface area contributed by atoms with Crippen LogP contribution in [-0.4, -0.2) is 49.3 Å². The second-order valence-corrected chi connectivity index (χ2v) is 8.58. The molecule has 0 unspecified atom stereocenters. The van der Waals surface area contributed by atoms with Gasteiger partial charge in [0.1, 0.15) is 11.4 Å². The molecular weight excluding hydrogens is 442 g/mol. The van der Waals surface area contributed by atoms with Crippen LogP contribution in [0.4, 0.5) is 5.69 Å². The van der Waals surface area contributed by atoms with Gasteiger partial charge in [0.25, 0.3) is 11.8 Å². The predicted octanol–water partition coefficient (Wildman–Crippen LogP) is 3.51. The molecule has 0 bridgehead atoms. The highest BCUT2D eigenvalue weighted by molar-refractivity contribution is 6.04. The molecular formula is C26H23N7O2. The molecule has 4 heterocycles. The second-order valence-electron chi connectivity index (χ2n) is 8.58. The first-order valence-corrected chi connectivity index (χ1v) is 11.4. The molecule has 5 rings (SSSR count). The number of hydrogen-bond acceptors (Lipinski definition) is 6. The van der Waals surface area contributed by atoms with Crippen LogP contribution in [0, 0.1) is 11.3 Å². The van der Waals surface area contributed by atoms with Gasteiger partial charge >= 0.3 is 0 Å². The third kappa shape index (κ3) is 4.46. The van der Waals surface area contributed by atoms with Crippen molar-refractivity contribution in [1.29, 1.82) is 5.26 Å². The number of carbonyl (C=O) groups excluding carboxylic acids is 2. The summed E-state index contributed by atoms with van der Waals surface area (Å²) in [6, 6.07) is 10.9. The van der Waals surface area contributed by atoms with Gasteiger partial charge in [0.2, 0.25) is 0 Å². The number of carbonyl (C=O) groups is 2. The summed E-state index contributed by atoms with van der Waals surface area (Å²) >= 11 is 0. The summed E-state index contributed by atoms with van der Waals surface area (Å²) in [5.74, 6) is -0.159. The van der Waals surface area contributed by atoms with E-state index in [2.05, 4.69) is 31.0 Å². The summed E-state index contributed by atoms with van der Waals surface area (Å²) < 4.78 is 2.09. The van der Waals surface area contributed by atoms with Crippen LogP contribution in [0.2, 0.25) is 0 Å². The Kier molecular flexibility index (Phi) is 5.94. The van der Waals surface area contributed by atoms with Crippen molar-refractivity contribution < 1.29 is 9.59 Å². The second kappa shape index (κ2) is 9.35. The zero-order valence-corrected chi connectivity index (χ0v) is 19.2. The van der Waals surface area contributed by atoms with Crippen LogP contribution in [0.1, 0.15) is 50.9 Å². The van der Waals surface area contributed by atoms with E-state index in [9.17, 15) is 9.59 Å². The van der Waals surface area contributed by atoms with E-state index >= 15 is 0 Å². The number of rotatable bonds is 4. The van der Waals surface area contributed by atoms with E-state index in [-0.39, 0.29) is 17.5 Å². The van der Waals surface area contributed by atoms with Gasteiger partial charge < -0.3 is 14.8 Å². The molecule has 0 spiro atoms. The number of fused-ring (bicyclic) bond motifs is 1. The van der Waals surface area contributed by atoms with Gasteiger partial charge in [0, 0.05) is 61.5 Å². The predicted molar refractivity (Wildman–Crippen MR) is 130 cm³/mol. The Morgan fingerprint density at radius 1 is 1.06 bits per heavy atom. The van der Waals surface area contributed by atoms with Gasteiger partial charge in [0.05, 0.1) is 17.8 Å². The largest absolute Gasteiger partial charge is 0.350 e. The number of hydrogen-bond donors (Lipinski definition) is 1. The first kappa shape index (κ1) is 22.2. The minimum absolute atomic E-state index is 0.0893. The van der Waals surface area contributed by atoms with Gasteiger partial charge in [-0.2, -0.15) is 5.26 Å². The zero-order chi connectivity index (χ0) is 24.4. The fourth-order valence-electron chi connectivity index (χ4n) is 4.61. The number of amides is 2. The Morgan fingerprint density at radius 3 is 2.60 bits per heavy atom. The van der Waals surface area contributed by atoms with Crippen molar-refractivity contribution in [2.45, 2.75) is 18.8 Å². The van der Waals surface area contributed by atoms with Gasteiger partial charge in [0.15, 0.2) is 0 Å². The summed E-state index contributed by atoms with van der Waals surface area (Å²) in [7, 11) is 2.01. The Labute approximate surface area is 202 Å². The number of piperidine rings is 1. The molecule has 1 aliphatic heterocycles. The first-order chi connectivity index (χ1) is 17.0. The Morgan fingerprint density at radius 2 is 1.86 bits per heavy atom. The molecule has 0 saturated carbocycles. The Bertz CT molecular complexity index is 1450. The van der Waals surface area contributed by atoms with E-state index in [0.717, 1.165) is 23.7 Å². The molecule has 1 aliphatic rings. The fraction of sp³-hybridized carbons (Fsp3) is 0.231. The van der Waals surface area contributed by atoms with E-state index in [1.54, 1.807) is 12.3 Å². The van der Waals surface area contributed by atoms with E-state index in [0.29, 0.717) is 36.0 Å². The van der Waals surface area contributed by atoms with E-state index in [1.165, 1.54) is 30.2 Å². The quantitative estimate of drug-likeness (QED) is 0.493. The standard InChI is InChI=1S/C26H23N7O2/c1-32-16-21(18-5-10-33(11-6-18)26(35)23-15-28-8-9-30-23)20-13-19(2-3-24(20)32)31-25(34)22-12-17(14-27)4-7-29-22/h2-4,7-9,12-13,15-16,18H,5-6,10-11H2,1H3,(H,31,34). The summed E-state index contributed by atoms with van der Waals surface area (Å²) in [6.45, 7) is 1.29. The monoisotopic (exact) mass is 465 g/mol. The maximum atomic E-state index is 12.7. The molecule has 3 aromatic heterocycles. The van der Waals surface area contributed by atoms with Crippen LogP contribution in [0.25, 0.3) is 10.9 Å². The lowest BCUT2D eigenvalue weighted by Gasteiger charge is -2.31. The van der Waals surface area contributed by atoms with Crippen LogP contribution < -0.4 is 5.32 Å². The van der Waals surface area contributed by atoms with Crippen LogP contribution in [0.3, 0.4) is 0 Å². The van der Waals surface area contributed by atoms with Crippen molar-refractivity contribution in [2.24, 2.45) is 7.05 Å². The summed E-state index contributed by atoms with van der Waals surface area (Å²) in [5, 5.41) is 13.0. The highest BCUT2D eigenvalue weighted by atomic mass is 16.2. The number of nitriles is 1. The van der Waals surface area contributed by atoms with Gasteiger partial charge in [-0.05, 0) is 54.7 Å². The number of aryl methyl sites for hydroxylation is 1. The minimum Gasteiger partial charge on any atom is -0.350 e. The van der Waals surface area contributed by atoms with Crippen LogP contribution in [0.5, 0.6) is 0 Å². The van der Waals surface area contributed by atoms with Gasteiger partial charge in [-0.15, -0.1) is 0 Å². The van der Waals surface area contributed by atoms with Crippen LogP contribution >= 0.6 is 0 Å². The number of benzene rings is 1. The number of anilines is 1. The molecule has 9 heteroatoms. The Hall–Kier alpha value is -4.58. The van der Waals surface area contributed by atoms with Gasteiger partial charge in [-0.1, -0.05) is 0 Å². The zero-order valence-electron chi connectivity index (χ0n) is 19.2. The minimum atomic E-state index is -0.366. The molecule has 174 valence electrons. The SMILES string of the molecule is Cn1cc(C2CCN(C(=O)c3cnccn3)CC2)c2cc(NC(=O)c3cc(C#N)ccn3)ccc21. The summed E-state index contributed by atoms with van der Waals surface area (Å²) in [6.07, 6.45) is 9.86. The topological polar surface area (TPSA) is 117 Å². The van der Waals surface area contributed by atoms with Gasteiger partial charge in [-0.3, -0.25) is 19.6 Å². The lowest BCUT2D eigenvalue weighted by molar-refractivity contribution is 0.0706. The van der Waals surface area contributed by atoms with Crippen LogP contribution in [-0.2, 0) is 7.05 Å². The van der Waals surface area contributed by atoms with Crippen molar-refractivity contribution in [3.8, 4) is 6.07 Å². The Balaban J connectivity index is 1.34. The summed E-state index contributed by atoms with van der Waals surface area (Å²) in [5.41, 5.74) is 3.88. The molecule has 9 nitrogen and oxygen atoms in total. The van der Waals surface area contributed by atoms with Crippen molar-refractivity contribution in [3.05, 3.63) is 83.8 Å². The van der Waals surface area contributed by atoms with E-state index in [1.807, 2.05) is 36.2 Å². The normalized spacial score (nSPS) is 14.0. The number of nitrogens with one attached hydrogen (secondary N) is 1. The van der Waals surface area contributed by atoms with Crippen LogP contribution in [0.15, 0.2) is 61.3 Å². The van der Waals surface area contributed by atoms with Gasteiger partial charge in [-0.25, -0.2) is 4.98 Å². The molecule has 2 amide bonds. The third-order valence-corrected chi connectivity index (χ3v) is 6.40. The van der Waals surface area contributed by atoms with Crippen molar-refractivity contribution >= 4 is 28.4 Å². The smallest absolute Gasteiger partial charge is 0.274 e. The maximum Gasteiger partial charge on any atom is 0.274 e. The molecule has 0 radical (unpaired) electrons.